The monoisotopic (exact) mass is 263 g/mol. The van der Waals surface area contributed by atoms with Gasteiger partial charge in [-0.05, 0) is 25.5 Å². The Bertz CT molecular complexity index is 450. The van der Waals surface area contributed by atoms with Crippen molar-refractivity contribution in [1.82, 2.24) is 15.0 Å². The number of aryl methyl sites for hydroxylation is 1. The zero-order chi connectivity index (χ0) is 14.1. The highest BCUT2D eigenvalue weighted by Crippen LogP contribution is 2.07. The lowest BCUT2D eigenvalue weighted by atomic mass is 10.3. The second-order valence-electron chi connectivity index (χ2n) is 4.09. The Morgan fingerprint density at radius 3 is 2.79 bits per heavy atom. The number of rotatable bonds is 8. The molecule has 5 nitrogen and oxygen atoms in total. The smallest absolute Gasteiger partial charge is 0.307 e. The fourth-order valence-electron chi connectivity index (χ4n) is 1.49. The molecule has 0 fully saturated rings. The van der Waals surface area contributed by atoms with Crippen molar-refractivity contribution in [2.45, 2.75) is 39.7 Å². The van der Waals surface area contributed by atoms with Crippen molar-refractivity contribution in [1.29, 1.82) is 0 Å². The minimum absolute atomic E-state index is 0.210. The molecule has 0 saturated heterocycles. The van der Waals surface area contributed by atoms with Gasteiger partial charge in [0.15, 0.2) is 0 Å². The molecule has 0 saturated carbocycles. The highest BCUT2D eigenvalue weighted by molar-refractivity contribution is 5.69. The van der Waals surface area contributed by atoms with Crippen LogP contribution in [0.1, 0.15) is 44.5 Å². The van der Waals surface area contributed by atoms with Crippen molar-refractivity contribution in [3.8, 4) is 0 Å². The van der Waals surface area contributed by atoms with Crippen LogP contribution >= 0.6 is 0 Å². The quantitative estimate of drug-likeness (QED) is 0.534. The molecule has 0 atom stereocenters. The summed E-state index contributed by atoms with van der Waals surface area (Å²) in [4.78, 5) is 13.0. The fourth-order valence-corrected chi connectivity index (χ4v) is 1.49. The molecule has 0 aromatic carbocycles. The molecule has 0 unspecified atom stereocenters. The maximum Gasteiger partial charge on any atom is 0.307 e. The highest BCUT2D eigenvalue weighted by Gasteiger charge is 2.08. The average Bonchev–Trinajstić information content (AvgIpc) is 2.79. The lowest BCUT2D eigenvalue weighted by Crippen LogP contribution is -2.11. The summed E-state index contributed by atoms with van der Waals surface area (Å²) >= 11 is 0. The SMILES string of the molecule is C=Cc1nn(CCC(=O)OCCCC)nc1/C=C\C. The van der Waals surface area contributed by atoms with Gasteiger partial charge in [0.2, 0.25) is 0 Å². The number of unbranched alkanes of at least 4 members (excludes halogenated alkanes) is 1. The molecule has 0 N–H and O–H groups in total. The van der Waals surface area contributed by atoms with E-state index in [9.17, 15) is 4.79 Å². The number of aromatic nitrogens is 3. The van der Waals surface area contributed by atoms with E-state index >= 15 is 0 Å². The first-order chi connectivity index (χ1) is 9.21. The number of allylic oxidation sites excluding steroid dienone is 1. The maximum absolute atomic E-state index is 11.5. The van der Waals surface area contributed by atoms with E-state index in [1.54, 1.807) is 6.08 Å². The maximum atomic E-state index is 11.5. The van der Waals surface area contributed by atoms with E-state index in [-0.39, 0.29) is 12.4 Å². The first-order valence-electron chi connectivity index (χ1n) is 6.57. The van der Waals surface area contributed by atoms with Crippen LogP contribution in [0.2, 0.25) is 0 Å². The van der Waals surface area contributed by atoms with Gasteiger partial charge in [0, 0.05) is 0 Å². The van der Waals surface area contributed by atoms with Gasteiger partial charge >= 0.3 is 5.97 Å². The summed E-state index contributed by atoms with van der Waals surface area (Å²) in [5, 5.41) is 8.52. The number of hydrogen-bond acceptors (Lipinski definition) is 4. The molecule has 1 heterocycles. The van der Waals surface area contributed by atoms with Crippen molar-refractivity contribution in [2.24, 2.45) is 0 Å². The van der Waals surface area contributed by atoms with Crippen LogP contribution in [0.3, 0.4) is 0 Å². The molecular formula is C14H21N3O2. The van der Waals surface area contributed by atoms with Crippen molar-refractivity contribution >= 4 is 18.1 Å². The molecule has 0 spiro atoms. The third-order valence-corrected chi connectivity index (χ3v) is 2.50. The van der Waals surface area contributed by atoms with Gasteiger partial charge in [-0.1, -0.05) is 26.0 Å². The minimum atomic E-state index is -0.210. The fraction of sp³-hybridized carbons (Fsp3) is 0.500. The number of carbonyl (C=O) groups is 1. The van der Waals surface area contributed by atoms with E-state index in [0.29, 0.717) is 13.2 Å². The van der Waals surface area contributed by atoms with Crippen LogP contribution in [0.5, 0.6) is 0 Å². The number of esters is 1. The number of ether oxygens (including phenoxy) is 1. The molecule has 0 aliphatic rings. The zero-order valence-corrected chi connectivity index (χ0v) is 11.6. The van der Waals surface area contributed by atoms with Gasteiger partial charge in [-0.2, -0.15) is 15.0 Å². The standard InChI is InChI=1S/C14H21N3O2/c1-4-7-11-19-14(18)9-10-17-15-12(6-3)13(16-17)8-5-2/h5-6,8H,3-4,7,9-11H2,1-2H3/b8-5-. The molecular weight excluding hydrogens is 242 g/mol. The number of carbonyl (C=O) groups excluding carboxylic acids is 1. The largest absolute Gasteiger partial charge is 0.466 e. The first-order valence-corrected chi connectivity index (χ1v) is 6.57. The summed E-state index contributed by atoms with van der Waals surface area (Å²) in [5.41, 5.74) is 1.48. The van der Waals surface area contributed by atoms with Crippen LogP contribution in [0.4, 0.5) is 0 Å². The zero-order valence-electron chi connectivity index (χ0n) is 11.6. The highest BCUT2D eigenvalue weighted by atomic mass is 16.5. The molecule has 1 aromatic heterocycles. The van der Waals surface area contributed by atoms with Gasteiger partial charge in [-0.15, -0.1) is 0 Å². The molecule has 1 aromatic rings. The first kappa shape index (κ1) is 15.1. The molecule has 1 rings (SSSR count). The summed E-state index contributed by atoms with van der Waals surface area (Å²) in [6.07, 6.45) is 7.60. The summed E-state index contributed by atoms with van der Waals surface area (Å²) < 4.78 is 5.07. The Labute approximate surface area is 114 Å². The van der Waals surface area contributed by atoms with E-state index in [1.807, 2.05) is 19.1 Å². The second-order valence-corrected chi connectivity index (χ2v) is 4.09. The van der Waals surface area contributed by atoms with Crippen molar-refractivity contribution in [2.75, 3.05) is 6.61 Å². The molecule has 104 valence electrons. The van der Waals surface area contributed by atoms with Gasteiger partial charge < -0.3 is 4.74 Å². The van der Waals surface area contributed by atoms with Crippen molar-refractivity contribution < 1.29 is 9.53 Å². The Kier molecular flexibility index (Phi) is 6.57. The molecule has 0 aliphatic heterocycles. The van der Waals surface area contributed by atoms with E-state index in [2.05, 4.69) is 23.7 Å². The van der Waals surface area contributed by atoms with Crippen LogP contribution in [0.25, 0.3) is 12.2 Å². The Morgan fingerprint density at radius 1 is 1.42 bits per heavy atom. The van der Waals surface area contributed by atoms with Crippen LogP contribution < -0.4 is 0 Å². The molecule has 0 bridgehead atoms. The topological polar surface area (TPSA) is 57.0 Å². The van der Waals surface area contributed by atoms with Gasteiger partial charge in [-0.3, -0.25) is 4.79 Å². The average molecular weight is 263 g/mol. The van der Waals surface area contributed by atoms with Gasteiger partial charge in [0.25, 0.3) is 0 Å². The summed E-state index contributed by atoms with van der Waals surface area (Å²) in [6, 6.07) is 0. The summed E-state index contributed by atoms with van der Waals surface area (Å²) in [5.74, 6) is -0.210. The molecule has 5 heteroatoms. The Morgan fingerprint density at radius 2 is 2.16 bits per heavy atom. The number of hydrogen-bond donors (Lipinski definition) is 0. The van der Waals surface area contributed by atoms with Gasteiger partial charge in [0.1, 0.15) is 11.4 Å². The van der Waals surface area contributed by atoms with Gasteiger partial charge in [0.05, 0.1) is 19.6 Å². The van der Waals surface area contributed by atoms with Crippen LogP contribution in [0, 0.1) is 0 Å². The number of nitrogens with zero attached hydrogens (tertiary/aromatic N) is 3. The van der Waals surface area contributed by atoms with Crippen LogP contribution in [-0.2, 0) is 16.1 Å². The molecule has 0 aliphatic carbocycles. The van der Waals surface area contributed by atoms with Crippen LogP contribution in [0.15, 0.2) is 12.7 Å². The molecule has 0 amide bonds. The predicted molar refractivity (Wildman–Crippen MR) is 75.3 cm³/mol. The molecule has 19 heavy (non-hydrogen) atoms. The third kappa shape index (κ3) is 5.07. The van der Waals surface area contributed by atoms with Crippen molar-refractivity contribution in [3.05, 3.63) is 24.0 Å². The van der Waals surface area contributed by atoms with Crippen LogP contribution in [-0.4, -0.2) is 27.6 Å². The van der Waals surface area contributed by atoms with E-state index in [1.165, 1.54) is 4.80 Å². The van der Waals surface area contributed by atoms with E-state index in [4.69, 9.17) is 4.74 Å². The Hall–Kier alpha value is -1.91. The van der Waals surface area contributed by atoms with E-state index < -0.39 is 0 Å². The van der Waals surface area contributed by atoms with Crippen molar-refractivity contribution in [3.63, 3.8) is 0 Å². The van der Waals surface area contributed by atoms with E-state index in [0.717, 1.165) is 24.2 Å². The minimum Gasteiger partial charge on any atom is -0.466 e. The predicted octanol–water partition coefficient (Wildman–Crippen LogP) is 2.69. The molecule has 0 radical (unpaired) electrons. The Balaban J connectivity index is 2.49. The van der Waals surface area contributed by atoms with Gasteiger partial charge in [-0.25, -0.2) is 0 Å². The lowest BCUT2D eigenvalue weighted by molar-refractivity contribution is -0.144. The third-order valence-electron chi connectivity index (χ3n) is 2.50. The lowest BCUT2D eigenvalue weighted by Gasteiger charge is -2.03. The normalized spacial score (nSPS) is 10.8. The summed E-state index contributed by atoms with van der Waals surface area (Å²) in [6.45, 7) is 8.57. The second kappa shape index (κ2) is 8.24. The summed E-state index contributed by atoms with van der Waals surface area (Å²) in [7, 11) is 0.